The molecule has 0 aromatic carbocycles. The van der Waals surface area contributed by atoms with Crippen molar-refractivity contribution in [1.82, 2.24) is 9.80 Å². The van der Waals surface area contributed by atoms with Crippen LogP contribution in [0.2, 0.25) is 0 Å². The van der Waals surface area contributed by atoms with E-state index in [1.54, 1.807) is 11.8 Å². The Labute approximate surface area is 109 Å². The summed E-state index contributed by atoms with van der Waals surface area (Å²) >= 11 is 0. The van der Waals surface area contributed by atoms with Gasteiger partial charge in [0.05, 0.1) is 12.6 Å². The Balaban J connectivity index is 2.46. The van der Waals surface area contributed by atoms with Gasteiger partial charge in [-0.25, -0.2) is 4.79 Å². The lowest BCUT2D eigenvalue weighted by atomic mass is 10.1. The molecule has 0 saturated carbocycles. The first-order valence-corrected chi connectivity index (χ1v) is 6.59. The van der Waals surface area contributed by atoms with Crippen LogP contribution in [0.3, 0.4) is 0 Å². The summed E-state index contributed by atoms with van der Waals surface area (Å²) in [6.07, 6.45) is 1.66. The first-order chi connectivity index (χ1) is 8.60. The van der Waals surface area contributed by atoms with Crippen molar-refractivity contribution in [3.63, 3.8) is 0 Å². The second-order valence-electron chi connectivity index (χ2n) is 4.48. The van der Waals surface area contributed by atoms with Crippen molar-refractivity contribution in [2.45, 2.75) is 32.7 Å². The van der Waals surface area contributed by atoms with Crippen molar-refractivity contribution in [3.05, 3.63) is 0 Å². The zero-order chi connectivity index (χ0) is 13.5. The highest BCUT2D eigenvalue weighted by Gasteiger charge is 2.27. The van der Waals surface area contributed by atoms with Crippen LogP contribution in [0.1, 0.15) is 26.7 Å². The van der Waals surface area contributed by atoms with Crippen molar-refractivity contribution in [3.8, 4) is 0 Å². The van der Waals surface area contributed by atoms with E-state index in [2.05, 4.69) is 11.8 Å². The van der Waals surface area contributed by atoms with Crippen molar-refractivity contribution in [2.75, 3.05) is 32.8 Å². The predicted molar refractivity (Wildman–Crippen MR) is 70.8 cm³/mol. The standard InChI is InChI=1S/C12H24N4O2/c1-3-5-10(11(13)14)15-6-8-16(9-7-15)12(17)18-4-2/h10H,3-9H2,1-2H3,(H3,13,14). The Bertz CT molecular complexity index is 288. The fourth-order valence-corrected chi connectivity index (χ4v) is 2.24. The first kappa shape index (κ1) is 14.8. The number of piperazine rings is 1. The number of nitrogens with zero attached hydrogens (tertiary/aromatic N) is 2. The summed E-state index contributed by atoms with van der Waals surface area (Å²) in [7, 11) is 0. The lowest BCUT2D eigenvalue weighted by molar-refractivity contribution is 0.0734. The molecule has 0 bridgehead atoms. The predicted octanol–water partition coefficient (Wildman–Crippen LogP) is 0.865. The lowest BCUT2D eigenvalue weighted by Crippen LogP contribution is -2.55. The van der Waals surface area contributed by atoms with Gasteiger partial charge in [0.15, 0.2) is 0 Å². The molecule has 6 heteroatoms. The Hall–Kier alpha value is -1.30. The Morgan fingerprint density at radius 2 is 1.94 bits per heavy atom. The average molecular weight is 256 g/mol. The van der Waals surface area contributed by atoms with E-state index in [9.17, 15) is 4.79 Å². The summed E-state index contributed by atoms with van der Waals surface area (Å²) < 4.78 is 4.97. The molecule has 3 N–H and O–H groups in total. The number of hydrogen-bond donors (Lipinski definition) is 2. The number of hydrogen-bond acceptors (Lipinski definition) is 4. The Morgan fingerprint density at radius 3 is 2.39 bits per heavy atom. The molecule has 104 valence electrons. The minimum absolute atomic E-state index is 0.0133. The molecular formula is C12H24N4O2. The molecule has 1 rings (SSSR count). The second kappa shape index (κ2) is 7.20. The smallest absolute Gasteiger partial charge is 0.409 e. The molecule has 0 radical (unpaired) electrons. The van der Waals surface area contributed by atoms with E-state index in [0.717, 1.165) is 25.9 Å². The molecule has 0 aliphatic carbocycles. The molecule has 0 aromatic rings. The molecule has 0 spiro atoms. The third-order valence-electron chi connectivity index (χ3n) is 3.20. The van der Waals surface area contributed by atoms with Crippen molar-refractivity contribution in [1.29, 1.82) is 5.41 Å². The molecule has 1 fully saturated rings. The number of amides is 1. The van der Waals surface area contributed by atoms with Gasteiger partial charge in [0.1, 0.15) is 5.84 Å². The van der Waals surface area contributed by atoms with Crippen LogP contribution in [0.5, 0.6) is 0 Å². The summed E-state index contributed by atoms with van der Waals surface area (Å²) in [6.45, 7) is 7.10. The van der Waals surface area contributed by atoms with Gasteiger partial charge in [-0.1, -0.05) is 13.3 Å². The monoisotopic (exact) mass is 256 g/mol. The number of rotatable bonds is 5. The van der Waals surface area contributed by atoms with Crippen LogP contribution in [-0.2, 0) is 4.74 Å². The SMILES string of the molecule is CCCC(C(=N)N)N1CCN(C(=O)OCC)CC1. The van der Waals surface area contributed by atoms with Gasteiger partial charge in [-0.05, 0) is 13.3 Å². The molecule has 0 aromatic heterocycles. The third kappa shape index (κ3) is 3.87. The van der Waals surface area contributed by atoms with E-state index in [0.29, 0.717) is 19.7 Å². The zero-order valence-corrected chi connectivity index (χ0v) is 11.3. The van der Waals surface area contributed by atoms with E-state index in [1.807, 2.05) is 0 Å². The van der Waals surface area contributed by atoms with Gasteiger partial charge in [0.2, 0.25) is 0 Å². The minimum Gasteiger partial charge on any atom is -0.450 e. The van der Waals surface area contributed by atoms with Crippen molar-refractivity contribution >= 4 is 11.9 Å². The van der Waals surface area contributed by atoms with Crippen LogP contribution in [0.25, 0.3) is 0 Å². The van der Waals surface area contributed by atoms with Gasteiger partial charge in [-0.3, -0.25) is 10.3 Å². The molecule has 1 saturated heterocycles. The summed E-state index contributed by atoms with van der Waals surface area (Å²) in [4.78, 5) is 15.4. The number of nitrogens with two attached hydrogens (primary N) is 1. The number of carbonyl (C=O) groups is 1. The minimum atomic E-state index is -0.244. The topological polar surface area (TPSA) is 82.7 Å². The Kier molecular flexibility index (Phi) is 5.91. The normalized spacial score (nSPS) is 18.4. The van der Waals surface area contributed by atoms with E-state index >= 15 is 0 Å². The van der Waals surface area contributed by atoms with Crippen LogP contribution >= 0.6 is 0 Å². The van der Waals surface area contributed by atoms with E-state index in [-0.39, 0.29) is 18.0 Å². The van der Waals surface area contributed by atoms with Gasteiger partial charge in [-0.2, -0.15) is 0 Å². The molecule has 1 aliphatic rings. The second-order valence-corrected chi connectivity index (χ2v) is 4.48. The highest BCUT2D eigenvalue weighted by atomic mass is 16.6. The van der Waals surface area contributed by atoms with Crippen molar-refractivity contribution in [2.24, 2.45) is 5.73 Å². The maximum Gasteiger partial charge on any atom is 0.409 e. The maximum absolute atomic E-state index is 11.6. The van der Waals surface area contributed by atoms with Crippen LogP contribution in [-0.4, -0.2) is 60.6 Å². The summed E-state index contributed by atoms with van der Waals surface area (Å²) in [6, 6.07) is 0.0133. The summed E-state index contributed by atoms with van der Waals surface area (Å²) in [5.41, 5.74) is 5.63. The largest absolute Gasteiger partial charge is 0.450 e. The number of carbonyl (C=O) groups excluding carboxylic acids is 1. The highest BCUT2D eigenvalue weighted by molar-refractivity contribution is 5.82. The van der Waals surface area contributed by atoms with Crippen LogP contribution < -0.4 is 5.73 Å². The summed E-state index contributed by atoms with van der Waals surface area (Å²) in [5.74, 6) is 0.224. The molecule has 1 aliphatic heterocycles. The molecular weight excluding hydrogens is 232 g/mol. The molecule has 18 heavy (non-hydrogen) atoms. The highest BCUT2D eigenvalue weighted by Crippen LogP contribution is 2.11. The molecule has 6 nitrogen and oxygen atoms in total. The van der Waals surface area contributed by atoms with Crippen LogP contribution in [0, 0.1) is 5.41 Å². The van der Waals surface area contributed by atoms with E-state index in [1.165, 1.54) is 0 Å². The van der Waals surface area contributed by atoms with Gasteiger partial charge < -0.3 is 15.4 Å². The average Bonchev–Trinajstić information content (AvgIpc) is 2.36. The molecule has 1 amide bonds. The summed E-state index contributed by atoms with van der Waals surface area (Å²) in [5, 5.41) is 7.62. The van der Waals surface area contributed by atoms with E-state index < -0.39 is 0 Å². The Morgan fingerprint density at radius 1 is 1.33 bits per heavy atom. The quantitative estimate of drug-likeness (QED) is 0.564. The molecule has 1 heterocycles. The third-order valence-corrected chi connectivity index (χ3v) is 3.20. The lowest BCUT2D eigenvalue weighted by Gasteiger charge is -2.38. The first-order valence-electron chi connectivity index (χ1n) is 6.59. The fraction of sp³-hybridized carbons (Fsp3) is 0.833. The molecule has 1 atom stereocenters. The molecule has 1 unspecified atom stereocenters. The van der Waals surface area contributed by atoms with Gasteiger partial charge in [0.25, 0.3) is 0 Å². The van der Waals surface area contributed by atoms with Crippen LogP contribution in [0.15, 0.2) is 0 Å². The number of ether oxygens (including phenoxy) is 1. The van der Waals surface area contributed by atoms with Gasteiger partial charge in [-0.15, -0.1) is 0 Å². The van der Waals surface area contributed by atoms with Crippen LogP contribution in [0.4, 0.5) is 4.79 Å². The fourth-order valence-electron chi connectivity index (χ4n) is 2.24. The number of nitrogens with one attached hydrogen (secondary N) is 1. The number of amidine groups is 1. The van der Waals surface area contributed by atoms with Gasteiger partial charge in [0, 0.05) is 26.2 Å². The van der Waals surface area contributed by atoms with E-state index in [4.69, 9.17) is 15.9 Å². The van der Waals surface area contributed by atoms with Crippen molar-refractivity contribution < 1.29 is 9.53 Å². The zero-order valence-electron chi connectivity index (χ0n) is 11.3. The van der Waals surface area contributed by atoms with Gasteiger partial charge >= 0.3 is 6.09 Å². The maximum atomic E-state index is 11.6.